The number of hydrogen-bond donors (Lipinski definition) is 4. The van der Waals surface area contributed by atoms with Gasteiger partial charge in [0.05, 0.1) is 6.10 Å². The lowest BCUT2D eigenvalue weighted by atomic mass is 10.1. The summed E-state index contributed by atoms with van der Waals surface area (Å²) < 4.78 is 5.03. The quantitative estimate of drug-likeness (QED) is 0.610. The molecule has 1 aromatic heterocycles. The fourth-order valence-electron chi connectivity index (χ4n) is 2.14. The summed E-state index contributed by atoms with van der Waals surface area (Å²) in [4.78, 5) is 37.6. The van der Waals surface area contributed by atoms with Crippen LogP contribution >= 0.6 is 0 Å². The van der Waals surface area contributed by atoms with Crippen molar-refractivity contribution in [2.45, 2.75) is 39.9 Å². The average molecular weight is 311 g/mol. The van der Waals surface area contributed by atoms with Crippen LogP contribution in [0.1, 0.15) is 47.3 Å². The topological polar surface area (TPSA) is 121 Å². The van der Waals surface area contributed by atoms with E-state index in [-0.39, 0.29) is 5.69 Å². The average Bonchev–Trinajstić information content (AvgIpc) is 2.73. The maximum absolute atomic E-state index is 12.1. The van der Waals surface area contributed by atoms with Gasteiger partial charge in [0, 0.05) is 18.3 Å². The third kappa shape index (κ3) is 3.85. The third-order valence-electron chi connectivity index (χ3n) is 3.23. The van der Waals surface area contributed by atoms with Crippen molar-refractivity contribution in [1.82, 2.24) is 15.6 Å². The molecule has 0 bridgehead atoms. The van der Waals surface area contributed by atoms with Crippen molar-refractivity contribution in [2.75, 3.05) is 7.05 Å². The number of aliphatic hydroxyl groups is 1. The second-order valence-corrected chi connectivity index (χ2v) is 4.96. The van der Waals surface area contributed by atoms with Gasteiger partial charge in [0.2, 0.25) is 0 Å². The van der Waals surface area contributed by atoms with Crippen LogP contribution in [-0.2, 0) is 9.53 Å². The molecule has 22 heavy (non-hydrogen) atoms. The minimum absolute atomic E-state index is 0.174. The summed E-state index contributed by atoms with van der Waals surface area (Å²) in [5, 5.41) is 13.9. The van der Waals surface area contributed by atoms with Gasteiger partial charge in [-0.25, -0.2) is 9.59 Å². The van der Waals surface area contributed by atoms with Crippen LogP contribution in [0.15, 0.2) is 0 Å². The largest absolute Gasteiger partial charge is 0.448 e. The number of rotatable bonds is 4. The van der Waals surface area contributed by atoms with Gasteiger partial charge in [0.1, 0.15) is 5.69 Å². The van der Waals surface area contributed by atoms with Crippen molar-refractivity contribution < 1.29 is 24.2 Å². The zero-order chi connectivity index (χ0) is 17.0. The zero-order valence-electron chi connectivity index (χ0n) is 13.2. The van der Waals surface area contributed by atoms with E-state index in [1.165, 1.54) is 14.0 Å². The predicted octanol–water partition coefficient (Wildman–Crippen LogP) is 0.686. The maximum Gasteiger partial charge on any atom is 0.355 e. The Balaban J connectivity index is 2.84. The summed E-state index contributed by atoms with van der Waals surface area (Å²) in [6.45, 7) is 6.36. The first-order valence-corrected chi connectivity index (χ1v) is 6.79. The molecular weight excluding hydrogens is 290 g/mol. The highest BCUT2D eigenvalue weighted by Crippen LogP contribution is 2.25. The molecule has 0 aromatic carbocycles. The normalized spacial score (nSPS) is 13.2. The molecule has 2 atom stereocenters. The van der Waals surface area contributed by atoms with E-state index in [1.807, 2.05) is 5.32 Å². The number of imide groups is 1. The number of ether oxygens (including phenoxy) is 1. The van der Waals surface area contributed by atoms with E-state index in [9.17, 15) is 19.5 Å². The van der Waals surface area contributed by atoms with Gasteiger partial charge in [0.25, 0.3) is 5.91 Å². The van der Waals surface area contributed by atoms with Gasteiger partial charge < -0.3 is 20.1 Å². The second kappa shape index (κ2) is 7.08. The van der Waals surface area contributed by atoms with Crippen molar-refractivity contribution in [2.24, 2.45) is 0 Å². The van der Waals surface area contributed by atoms with E-state index in [4.69, 9.17) is 4.74 Å². The fourth-order valence-corrected chi connectivity index (χ4v) is 2.14. The number of aromatic amines is 1. The zero-order valence-corrected chi connectivity index (χ0v) is 13.2. The number of esters is 1. The lowest BCUT2D eigenvalue weighted by molar-refractivity contribution is -0.127. The number of nitrogens with one attached hydrogen (secondary N) is 3. The number of H-pyrrole nitrogens is 1. The molecule has 4 N–H and O–H groups in total. The minimum atomic E-state index is -1.14. The van der Waals surface area contributed by atoms with Crippen molar-refractivity contribution in [1.29, 1.82) is 0 Å². The summed E-state index contributed by atoms with van der Waals surface area (Å²) in [6.07, 6.45) is -1.87. The highest BCUT2D eigenvalue weighted by atomic mass is 16.5. The van der Waals surface area contributed by atoms with E-state index in [0.717, 1.165) is 0 Å². The fraction of sp³-hybridized carbons (Fsp3) is 0.500. The first-order chi connectivity index (χ1) is 10.2. The SMILES string of the molecule is CNC(=O)NC(=O)[C@H](C)OC(=O)c1[nH]c(C)c([C@@H](C)O)c1C. The first kappa shape index (κ1) is 17.7. The number of carbonyl (C=O) groups excluding carboxylic acids is 3. The summed E-state index contributed by atoms with van der Waals surface area (Å²) in [7, 11) is 1.36. The Bertz CT molecular complexity index is 592. The van der Waals surface area contributed by atoms with Gasteiger partial charge in [-0.1, -0.05) is 0 Å². The molecule has 0 aliphatic heterocycles. The molecule has 0 unspecified atom stereocenters. The molecule has 0 aliphatic carbocycles. The number of carbonyl (C=O) groups is 3. The third-order valence-corrected chi connectivity index (χ3v) is 3.23. The number of urea groups is 1. The molecule has 1 rings (SSSR count). The molecule has 0 fully saturated rings. The van der Waals surface area contributed by atoms with E-state index in [1.54, 1.807) is 20.8 Å². The second-order valence-electron chi connectivity index (χ2n) is 4.96. The molecule has 0 saturated carbocycles. The van der Waals surface area contributed by atoms with Crippen LogP contribution in [0.5, 0.6) is 0 Å². The summed E-state index contributed by atoms with van der Waals surface area (Å²) in [5.74, 6) is -1.46. The number of aromatic nitrogens is 1. The molecule has 0 aliphatic rings. The van der Waals surface area contributed by atoms with E-state index >= 15 is 0 Å². The highest BCUT2D eigenvalue weighted by molar-refractivity contribution is 5.98. The number of hydrogen-bond acceptors (Lipinski definition) is 5. The molecule has 0 radical (unpaired) electrons. The van der Waals surface area contributed by atoms with E-state index in [0.29, 0.717) is 16.8 Å². The number of aryl methyl sites for hydroxylation is 1. The Kier molecular flexibility index (Phi) is 5.69. The van der Waals surface area contributed by atoms with E-state index in [2.05, 4.69) is 10.3 Å². The Hall–Kier alpha value is -2.35. The van der Waals surface area contributed by atoms with Crippen LogP contribution in [0.4, 0.5) is 4.79 Å². The number of aliphatic hydroxyl groups excluding tert-OH is 1. The van der Waals surface area contributed by atoms with Gasteiger partial charge in [0.15, 0.2) is 6.10 Å². The highest BCUT2D eigenvalue weighted by Gasteiger charge is 2.25. The predicted molar refractivity (Wildman–Crippen MR) is 78.4 cm³/mol. The van der Waals surface area contributed by atoms with Crippen molar-refractivity contribution in [3.63, 3.8) is 0 Å². The molecular formula is C14H21N3O5. The Morgan fingerprint density at radius 1 is 1.23 bits per heavy atom. The molecule has 1 heterocycles. The standard InChI is InChI=1S/C14H21N3O5/c1-6-10(8(3)18)7(2)16-11(6)13(20)22-9(4)12(19)17-14(21)15-5/h8-9,16,18H,1-5H3,(H2,15,17,19,21)/t8-,9+/m1/s1. The molecule has 1 aromatic rings. The molecule has 8 nitrogen and oxygen atoms in total. The summed E-state index contributed by atoms with van der Waals surface area (Å²) >= 11 is 0. The molecule has 0 spiro atoms. The van der Waals surface area contributed by atoms with Crippen molar-refractivity contribution >= 4 is 17.9 Å². The lowest BCUT2D eigenvalue weighted by Crippen LogP contribution is -2.43. The molecule has 0 saturated heterocycles. The van der Waals surface area contributed by atoms with Crippen molar-refractivity contribution in [3.8, 4) is 0 Å². The van der Waals surface area contributed by atoms with Gasteiger partial charge in [-0.05, 0) is 33.3 Å². The van der Waals surface area contributed by atoms with Gasteiger partial charge in [-0.2, -0.15) is 0 Å². The summed E-state index contributed by atoms with van der Waals surface area (Å²) in [5.41, 5.74) is 2.01. The van der Waals surface area contributed by atoms with Crippen LogP contribution < -0.4 is 10.6 Å². The molecule has 122 valence electrons. The van der Waals surface area contributed by atoms with Crippen LogP contribution in [0.3, 0.4) is 0 Å². The monoisotopic (exact) mass is 311 g/mol. The molecule has 8 heteroatoms. The van der Waals surface area contributed by atoms with Gasteiger partial charge in [-0.15, -0.1) is 0 Å². The van der Waals surface area contributed by atoms with Crippen LogP contribution in [-0.4, -0.2) is 41.1 Å². The summed E-state index contributed by atoms with van der Waals surface area (Å²) in [6, 6.07) is -0.684. The minimum Gasteiger partial charge on any atom is -0.448 e. The van der Waals surface area contributed by atoms with Crippen LogP contribution in [0.25, 0.3) is 0 Å². The maximum atomic E-state index is 12.1. The van der Waals surface area contributed by atoms with Gasteiger partial charge >= 0.3 is 12.0 Å². The molecule has 3 amide bonds. The van der Waals surface area contributed by atoms with Gasteiger partial charge in [-0.3, -0.25) is 10.1 Å². The Labute approximate surface area is 128 Å². The van der Waals surface area contributed by atoms with Crippen LogP contribution in [0.2, 0.25) is 0 Å². The Morgan fingerprint density at radius 3 is 2.27 bits per heavy atom. The Morgan fingerprint density at radius 2 is 1.82 bits per heavy atom. The lowest BCUT2D eigenvalue weighted by Gasteiger charge is -2.12. The van der Waals surface area contributed by atoms with E-state index < -0.39 is 30.1 Å². The number of amides is 3. The smallest absolute Gasteiger partial charge is 0.355 e. The van der Waals surface area contributed by atoms with Crippen molar-refractivity contribution in [3.05, 3.63) is 22.5 Å². The van der Waals surface area contributed by atoms with Crippen LogP contribution in [0, 0.1) is 13.8 Å². The first-order valence-electron chi connectivity index (χ1n) is 6.79.